The molecule has 0 aliphatic carbocycles. The zero-order chi connectivity index (χ0) is 22.5. The van der Waals surface area contributed by atoms with Crippen LogP contribution in [-0.4, -0.2) is 35.2 Å². The van der Waals surface area contributed by atoms with Crippen LogP contribution in [0.15, 0.2) is 70.6 Å². The molecule has 2 aromatic heterocycles. The number of rotatable bonds is 3. The van der Waals surface area contributed by atoms with Crippen molar-refractivity contribution in [1.82, 2.24) is 9.55 Å². The predicted molar refractivity (Wildman–Crippen MR) is 125 cm³/mol. The lowest BCUT2D eigenvalue weighted by Crippen LogP contribution is -2.30. The maximum atomic E-state index is 13.5. The molecule has 0 bridgehead atoms. The van der Waals surface area contributed by atoms with E-state index in [9.17, 15) is 9.59 Å². The first kappa shape index (κ1) is 19.9. The number of benzene rings is 2. The normalized spacial score (nSPS) is 16.1. The molecule has 2 aliphatic heterocycles. The van der Waals surface area contributed by atoms with Gasteiger partial charge in [-0.05, 0) is 29.8 Å². The van der Waals surface area contributed by atoms with Gasteiger partial charge in [-0.1, -0.05) is 30.3 Å². The molecule has 33 heavy (non-hydrogen) atoms. The number of carbonyl (C=O) groups is 1. The van der Waals surface area contributed by atoms with Gasteiger partial charge in [0, 0.05) is 28.5 Å². The molecule has 0 amide bonds. The number of pyridine rings is 2. The van der Waals surface area contributed by atoms with Gasteiger partial charge in [-0.2, -0.15) is 0 Å². The molecule has 7 nitrogen and oxygen atoms in total. The Kier molecular flexibility index (Phi) is 4.62. The summed E-state index contributed by atoms with van der Waals surface area (Å²) in [6, 6.07) is 16.8. The third-order valence-electron chi connectivity index (χ3n) is 5.95. The Morgan fingerprint density at radius 3 is 2.70 bits per heavy atom. The zero-order valence-corrected chi connectivity index (χ0v) is 18.4. The van der Waals surface area contributed by atoms with E-state index in [4.69, 9.17) is 14.2 Å². The lowest BCUT2D eigenvalue weighted by atomic mass is 9.99. The molecular formula is C25H18N2O5S. The fourth-order valence-electron chi connectivity index (χ4n) is 4.35. The summed E-state index contributed by atoms with van der Waals surface area (Å²) in [6.45, 7) is 0.198. The fraction of sp³-hybridized carbons (Fsp3) is 0.160. The Labute approximate surface area is 192 Å². The highest BCUT2D eigenvalue weighted by atomic mass is 32.2. The van der Waals surface area contributed by atoms with E-state index in [0.29, 0.717) is 22.6 Å². The van der Waals surface area contributed by atoms with Crippen molar-refractivity contribution in [2.75, 3.05) is 19.7 Å². The molecule has 0 unspecified atom stereocenters. The van der Waals surface area contributed by atoms with Crippen LogP contribution in [0.1, 0.15) is 6.04 Å². The molecule has 0 saturated carbocycles. The molecule has 0 N–H and O–H groups in total. The number of methoxy groups -OCH3 is 1. The summed E-state index contributed by atoms with van der Waals surface area (Å²) in [5.41, 5.74) is 3.21. The van der Waals surface area contributed by atoms with Crippen LogP contribution in [0.5, 0.6) is 11.5 Å². The van der Waals surface area contributed by atoms with Crippen molar-refractivity contribution in [1.29, 1.82) is 0 Å². The van der Waals surface area contributed by atoms with Gasteiger partial charge in [0.1, 0.15) is 6.04 Å². The molecule has 0 radical (unpaired) electrons. The number of ether oxygens (including phenoxy) is 3. The number of carbonyl (C=O) groups excluding carboxylic acids is 1. The van der Waals surface area contributed by atoms with Gasteiger partial charge < -0.3 is 14.2 Å². The van der Waals surface area contributed by atoms with Crippen molar-refractivity contribution < 1.29 is 19.0 Å². The van der Waals surface area contributed by atoms with Gasteiger partial charge in [-0.3, -0.25) is 14.3 Å². The second kappa shape index (κ2) is 7.67. The third kappa shape index (κ3) is 3.09. The quantitative estimate of drug-likeness (QED) is 0.424. The molecular weight excluding hydrogens is 440 g/mol. The molecule has 2 aliphatic rings. The summed E-state index contributed by atoms with van der Waals surface area (Å²) in [4.78, 5) is 30.5. The van der Waals surface area contributed by atoms with Gasteiger partial charge in [-0.15, -0.1) is 11.8 Å². The standard InChI is InChI=1S/C25H18N2O5S/c1-30-25(29)19-12-33-24-22(14-5-3-2-4-6-14)16-10-18(26-11-17(16)23(28)27(19)24)15-7-8-20-21(9-15)32-13-31-20/h2-11,19H,12-13H2,1H3/t19-/m0/s1. The van der Waals surface area contributed by atoms with E-state index in [0.717, 1.165) is 32.8 Å². The van der Waals surface area contributed by atoms with Crippen LogP contribution in [0.4, 0.5) is 0 Å². The van der Waals surface area contributed by atoms with E-state index in [1.54, 1.807) is 10.8 Å². The van der Waals surface area contributed by atoms with E-state index in [1.165, 1.54) is 18.9 Å². The maximum Gasteiger partial charge on any atom is 0.329 e. The number of nitrogens with zero attached hydrogens (tertiary/aromatic N) is 2. The summed E-state index contributed by atoms with van der Waals surface area (Å²) in [5, 5.41) is 2.01. The maximum absolute atomic E-state index is 13.5. The van der Waals surface area contributed by atoms with Crippen molar-refractivity contribution in [3.8, 4) is 33.9 Å². The Balaban J connectivity index is 1.63. The molecule has 0 fully saturated rings. The van der Waals surface area contributed by atoms with Crippen molar-refractivity contribution in [2.45, 2.75) is 11.1 Å². The van der Waals surface area contributed by atoms with Gasteiger partial charge >= 0.3 is 5.97 Å². The predicted octanol–water partition coefficient (Wildman–Crippen LogP) is 4.28. The first-order valence-electron chi connectivity index (χ1n) is 10.4. The van der Waals surface area contributed by atoms with Gasteiger partial charge in [0.25, 0.3) is 5.56 Å². The van der Waals surface area contributed by atoms with E-state index < -0.39 is 12.0 Å². The van der Waals surface area contributed by atoms with Crippen LogP contribution >= 0.6 is 11.8 Å². The second-order valence-corrected chi connectivity index (χ2v) is 8.76. The second-order valence-electron chi connectivity index (χ2n) is 7.75. The largest absolute Gasteiger partial charge is 0.467 e. The van der Waals surface area contributed by atoms with Crippen LogP contribution in [0.2, 0.25) is 0 Å². The van der Waals surface area contributed by atoms with E-state index in [2.05, 4.69) is 4.98 Å². The van der Waals surface area contributed by atoms with Gasteiger partial charge in [0.2, 0.25) is 6.79 Å². The molecule has 6 rings (SSSR count). The Hall–Kier alpha value is -3.78. The highest BCUT2D eigenvalue weighted by Gasteiger charge is 2.34. The van der Waals surface area contributed by atoms with E-state index >= 15 is 0 Å². The lowest BCUT2D eigenvalue weighted by molar-refractivity contribution is -0.143. The topological polar surface area (TPSA) is 79.7 Å². The number of thioether (sulfide) groups is 1. The van der Waals surface area contributed by atoms with Crippen molar-refractivity contribution >= 4 is 28.5 Å². The highest BCUT2D eigenvalue weighted by Crippen LogP contribution is 2.43. The molecule has 8 heteroatoms. The van der Waals surface area contributed by atoms with Crippen LogP contribution in [-0.2, 0) is 9.53 Å². The number of hydrogen-bond donors (Lipinski definition) is 0. The molecule has 4 heterocycles. The number of hydrogen-bond acceptors (Lipinski definition) is 7. The monoisotopic (exact) mass is 458 g/mol. The van der Waals surface area contributed by atoms with Crippen LogP contribution in [0.25, 0.3) is 33.2 Å². The van der Waals surface area contributed by atoms with Gasteiger partial charge in [0.15, 0.2) is 11.5 Å². The minimum atomic E-state index is -0.664. The molecule has 0 spiro atoms. The summed E-state index contributed by atoms with van der Waals surface area (Å²) >= 11 is 1.49. The SMILES string of the molecule is COC(=O)[C@@H]1CSc2c(-c3ccccc3)c3cc(-c4ccc5c(c4)OCO5)ncc3c(=O)n21. The first-order valence-corrected chi connectivity index (χ1v) is 11.4. The molecule has 4 aromatic rings. The average Bonchev–Trinajstić information content (AvgIpc) is 3.51. The van der Waals surface area contributed by atoms with E-state index in [-0.39, 0.29) is 12.4 Å². The summed E-state index contributed by atoms with van der Waals surface area (Å²) in [6.07, 6.45) is 1.59. The summed E-state index contributed by atoms with van der Waals surface area (Å²) in [5.74, 6) is 1.39. The number of fused-ring (bicyclic) bond motifs is 3. The fourth-order valence-corrected chi connectivity index (χ4v) is 5.68. The van der Waals surface area contributed by atoms with Crippen molar-refractivity contribution in [3.05, 3.63) is 71.1 Å². The Morgan fingerprint density at radius 1 is 1.06 bits per heavy atom. The minimum Gasteiger partial charge on any atom is -0.467 e. The highest BCUT2D eigenvalue weighted by molar-refractivity contribution is 7.99. The number of esters is 1. The Morgan fingerprint density at radius 2 is 1.88 bits per heavy atom. The smallest absolute Gasteiger partial charge is 0.329 e. The molecule has 0 saturated heterocycles. The van der Waals surface area contributed by atoms with Crippen LogP contribution in [0, 0.1) is 0 Å². The summed E-state index contributed by atoms with van der Waals surface area (Å²) in [7, 11) is 1.34. The van der Waals surface area contributed by atoms with Gasteiger partial charge in [0.05, 0.1) is 23.2 Å². The average molecular weight is 458 g/mol. The first-order chi connectivity index (χ1) is 16.2. The molecule has 164 valence electrons. The van der Waals surface area contributed by atoms with Gasteiger partial charge in [-0.25, -0.2) is 4.79 Å². The van der Waals surface area contributed by atoms with Crippen molar-refractivity contribution in [3.63, 3.8) is 0 Å². The van der Waals surface area contributed by atoms with Crippen LogP contribution in [0.3, 0.4) is 0 Å². The van der Waals surface area contributed by atoms with Crippen LogP contribution < -0.4 is 15.0 Å². The van der Waals surface area contributed by atoms with Crippen molar-refractivity contribution in [2.24, 2.45) is 0 Å². The lowest BCUT2D eigenvalue weighted by Gasteiger charge is -2.17. The Bertz CT molecular complexity index is 1480. The third-order valence-corrected chi connectivity index (χ3v) is 7.11. The van der Waals surface area contributed by atoms with E-state index in [1.807, 2.05) is 54.6 Å². The summed E-state index contributed by atoms with van der Waals surface area (Å²) < 4.78 is 17.5. The number of aromatic nitrogens is 2. The zero-order valence-electron chi connectivity index (χ0n) is 17.6. The molecule has 2 aromatic carbocycles. The minimum absolute atomic E-state index is 0.198. The molecule has 1 atom stereocenters.